The molecule has 1 aliphatic rings. The molecule has 2 N–H and O–H groups in total. The normalized spacial score (nSPS) is 15.5. The Labute approximate surface area is 183 Å². The molecule has 1 unspecified atom stereocenters. The van der Waals surface area contributed by atoms with Gasteiger partial charge in [-0.05, 0) is 36.5 Å². The minimum Gasteiger partial charge on any atom is -0.347 e. The van der Waals surface area contributed by atoms with Crippen LogP contribution in [-0.2, 0) is 16.6 Å². The van der Waals surface area contributed by atoms with E-state index < -0.39 is 6.04 Å². The van der Waals surface area contributed by atoms with Crippen LogP contribution in [0.1, 0.15) is 56.0 Å². The Morgan fingerprint density at radius 2 is 1.71 bits per heavy atom. The summed E-state index contributed by atoms with van der Waals surface area (Å²) in [5.74, 6) is 0.946. The van der Waals surface area contributed by atoms with E-state index in [0.717, 1.165) is 35.3 Å². The van der Waals surface area contributed by atoms with E-state index in [1.54, 1.807) is 0 Å². The average molecular weight is 419 g/mol. The van der Waals surface area contributed by atoms with Crippen LogP contribution < -0.4 is 10.6 Å². The van der Waals surface area contributed by atoms with Gasteiger partial charge in [-0.15, -0.1) is 0 Å². The molecule has 0 saturated heterocycles. The largest absolute Gasteiger partial charge is 0.347 e. The van der Waals surface area contributed by atoms with Gasteiger partial charge in [-0.1, -0.05) is 61.7 Å². The van der Waals surface area contributed by atoms with Crippen LogP contribution in [0.2, 0.25) is 0 Å². The first-order chi connectivity index (χ1) is 15.1. The van der Waals surface area contributed by atoms with E-state index in [9.17, 15) is 9.59 Å². The molecule has 2 aromatic carbocycles. The smallest absolute Gasteiger partial charge is 0.240 e. The first-order valence-electron chi connectivity index (χ1n) is 11.1. The summed E-state index contributed by atoms with van der Waals surface area (Å²) in [5.41, 5.74) is 2.84. The Bertz CT molecular complexity index is 1040. The third kappa shape index (κ3) is 5.13. The number of hydrogen-bond acceptors (Lipinski definition) is 3. The number of nitrogens with zero attached hydrogens (tertiary/aromatic N) is 2. The van der Waals surface area contributed by atoms with Crippen molar-refractivity contribution in [3.05, 3.63) is 66.0 Å². The summed E-state index contributed by atoms with van der Waals surface area (Å²) in [6.45, 7) is -0.0289. The average Bonchev–Trinajstić information content (AvgIpc) is 3.14. The van der Waals surface area contributed by atoms with Crippen LogP contribution in [0.5, 0.6) is 0 Å². The number of amides is 2. The van der Waals surface area contributed by atoms with E-state index in [2.05, 4.69) is 10.6 Å². The Balaban J connectivity index is 1.45. The van der Waals surface area contributed by atoms with Crippen LogP contribution in [0.25, 0.3) is 11.0 Å². The Hall–Kier alpha value is -3.15. The Morgan fingerprint density at radius 1 is 1.00 bits per heavy atom. The van der Waals surface area contributed by atoms with Crippen LogP contribution in [0.15, 0.2) is 54.6 Å². The standard InChI is InChI=1S/C25H30N4O2/c1-29-21-15-9-8-14-20(21)27-25(29)24(19-12-6-3-7-13-19)28-23(31)17-26-22(30)16-18-10-4-2-5-11-18/h3,6-9,12-15,18,24H,2,4-5,10-11,16-17H2,1H3,(H,26,30)(H,28,31). The van der Waals surface area contributed by atoms with Crippen LogP contribution >= 0.6 is 0 Å². The summed E-state index contributed by atoms with van der Waals surface area (Å²) < 4.78 is 2.01. The number of aromatic nitrogens is 2. The monoisotopic (exact) mass is 418 g/mol. The molecule has 0 radical (unpaired) electrons. The fraction of sp³-hybridized carbons (Fsp3) is 0.400. The van der Waals surface area contributed by atoms with Crippen molar-refractivity contribution in [2.75, 3.05) is 6.54 Å². The molecule has 6 heteroatoms. The number of imidazole rings is 1. The highest BCUT2D eigenvalue weighted by Gasteiger charge is 2.23. The van der Waals surface area contributed by atoms with Gasteiger partial charge >= 0.3 is 0 Å². The lowest BCUT2D eigenvalue weighted by atomic mass is 9.87. The molecule has 3 aromatic rings. The van der Waals surface area contributed by atoms with Crippen molar-refractivity contribution in [2.24, 2.45) is 13.0 Å². The van der Waals surface area contributed by atoms with Gasteiger partial charge in [0.15, 0.2) is 0 Å². The number of nitrogens with one attached hydrogen (secondary N) is 2. The van der Waals surface area contributed by atoms with Crippen molar-refractivity contribution < 1.29 is 9.59 Å². The maximum absolute atomic E-state index is 12.8. The number of benzene rings is 2. The molecule has 0 aliphatic heterocycles. The Kier molecular flexibility index (Phi) is 6.65. The molecule has 0 spiro atoms. The lowest BCUT2D eigenvalue weighted by Gasteiger charge is -2.21. The van der Waals surface area contributed by atoms with E-state index in [-0.39, 0.29) is 18.4 Å². The zero-order valence-electron chi connectivity index (χ0n) is 18.0. The molecule has 162 valence electrons. The molecular formula is C25H30N4O2. The molecule has 4 rings (SSSR count). The zero-order valence-corrected chi connectivity index (χ0v) is 18.0. The topological polar surface area (TPSA) is 76.0 Å². The highest BCUT2D eigenvalue weighted by atomic mass is 16.2. The summed E-state index contributed by atoms with van der Waals surface area (Å²) in [4.78, 5) is 29.8. The van der Waals surface area contributed by atoms with Gasteiger partial charge in [-0.25, -0.2) is 4.98 Å². The van der Waals surface area contributed by atoms with Gasteiger partial charge in [-0.3, -0.25) is 9.59 Å². The first-order valence-corrected chi connectivity index (χ1v) is 11.1. The van der Waals surface area contributed by atoms with E-state index >= 15 is 0 Å². The number of carbonyl (C=O) groups is 2. The van der Waals surface area contributed by atoms with E-state index in [1.807, 2.05) is 66.2 Å². The maximum atomic E-state index is 12.8. The summed E-state index contributed by atoms with van der Waals surface area (Å²) in [6, 6.07) is 17.3. The highest BCUT2D eigenvalue weighted by molar-refractivity contribution is 5.85. The van der Waals surface area contributed by atoms with Gasteiger partial charge in [0.2, 0.25) is 11.8 Å². The molecule has 2 amide bonds. The summed E-state index contributed by atoms with van der Waals surface area (Å²) in [6.07, 6.45) is 6.42. The molecule has 1 atom stereocenters. The van der Waals surface area contributed by atoms with Crippen molar-refractivity contribution in [2.45, 2.75) is 44.6 Å². The lowest BCUT2D eigenvalue weighted by Crippen LogP contribution is -2.40. The summed E-state index contributed by atoms with van der Waals surface area (Å²) >= 11 is 0. The second-order valence-electron chi connectivity index (χ2n) is 8.41. The van der Waals surface area contributed by atoms with E-state index in [4.69, 9.17) is 4.98 Å². The van der Waals surface area contributed by atoms with Crippen molar-refractivity contribution in [1.82, 2.24) is 20.2 Å². The molecule has 1 fully saturated rings. The van der Waals surface area contributed by atoms with Crippen molar-refractivity contribution in [3.63, 3.8) is 0 Å². The minimum atomic E-state index is -0.402. The molecular weight excluding hydrogens is 388 g/mol. The van der Waals surface area contributed by atoms with Gasteiger partial charge in [0.05, 0.1) is 17.6 Å². The maximum Gasteiger partial charge on any atom is 0.240 e. The first kappa shape index (κ1) is 21.1. The van der Waals surface area contributed by atoms with Crippen LogP contribution in [0.4, 0.5) is 0 Å². The summed E-state index contributed by atoms with van der Waals surface area (Å²) in [5, 5.41) is 5.87. The molecule has 1 aromatic heterocycles. The van der Waals surface area contributed by atoms with E-state index in [0.29, 0.717) is 12.3 Å². The number of hydrogen-bond donors (Lipinski definition) is 2. The Morgan fingerprint density at radius 3 is 2.45 bits per heavy atom. The van der Waals surface area contributed by atoms with Crippen LogP contribution in [0.3, 0.4) is 0 Å². The predicted molar refractivity (Wildman–Crippen MR) is 121 cm³/mol. The van der Waals surface area contributed by atoms with Gasteiger partial charge in [-0.2, -0.15) is 0 Å². The van der Waals surface area contributed by atoms with Crippen LogP contribution in [0, 0.1) is 5.92 Å². The second kappa shape index (κ2) is 9.77. The van der Waals surface area contributed by atoms with Crippen LogP contribution in [-0.4, -0.2) is 27.9 Å². The SMILES string of the molecule is Cn1c(C(NC(=O)CNC(=O)CC2CCCCC2)c2ccccc2)nc2ccccc21. The zero-order chi connectivity index (χ0) is 21.6. The fourth-order valence-electron chi connectivity index (χ4n) is 4.48. The molecule has 1 aliphatic carbocycles. The molecule has 0 bridgehead atoms. The van der Waals surface area contributed by atoms with Crippen molar-refractivity contribution >= 4 is 22.8 Å². The van der Waals surface area contributed by atoms with Gasteiger partial charge in [0.1, 0.15) is 11.9 Å². The molecule has 1 heterocycles. The van der Waals surface area contributed by atoms with Gasteiger partial charge in [0.25, 0.3) is 0 Å². The quantitative estimate of drug-likeness (QED) is 0.612. The number of aryl methyl sites for hydroxylation is 1. The number of carbonyl (C=O) groups excluding carboxylic acids is 2. The fourth-order valence-corrected chi connectivity index (χ4v) is 4.48. The van der Waals surface area contributed by atoms with Crippen molar-refractivity contribution in [1.29, 1.82) is 0 Å². The third-order valence-corrected chi connectivity index (χ3v) is 6.16. The lowest BCUT2D eigenvalue weighted by molar-refractivity contribution is -0.127. The van der Waals surface area contributed by atoms with Crippen molar-refractivity contribution in [3.8, 4) is 0 Å². The van der Waals surface area contributed by atoms with Gasteiger partial charge in [0, 0.05) is 13.5 Å². The number of fused-ring (bicyclic) bond motifs is 1. The van der Waals surface area contributed by atoms with E-state index in [1.165, 1.54) is 19.3 Å². The second-order valence-corrected chi connectivity index (χ2v) is 8.41. The number of rotatable bonds is 7. The number of para-hydroxylation sites is 2. The summed E-state index contributed by atoms with van der Waals surface area (Å²) in [7, 11) is 1.96. The molecule has 6 nitrogen and oxygen atoms in total. The highest BCUT2D eigenvalue weighted by Crippen LogP contribution is 2.26. The van der Waals surface area contributed by atoms with Gasteiger partial charge < -0.3 is 15.2 Å². The predicted octanol–water partition coefficient (Wildman–Crippen LogP) is 3.87. The molecule has 1 saturated carbocycles. The third-order valence-electron chi connectivity index (χ3n) is 6.16. The molecule has 31 heavy (non-hydrogen) atoms. The minimum absolute atomic E-state index is 0.0289.